The number of benzene rings is 1. The zero-order chi connectivity index (χ0) is 18.0. The first-order valence-corrected chi connectivity index (χ1v) is 8.83. The second-order valence-corrected chi connectivity index (χ2v) is 6.91. The van der Waals surface area contributed by atoms with Crippen LogP contribution in [0.4, 0.5) is 5.69 Å². The summed E-state index contributed by atoms with van der Waals surface area (Å²) >= 11 is 3.33. The van der Waals surface area contributed by atoms with Crippen molar-refractivity contribution in [1.82, 2.24) is 10.3 Å². The third-order valence-electron chi connectivity index (χ3n) is 4.20. The minimum Gasteiger partial charge on any atom is -0.354 e. The highest BCUT2D eigenvalue weighted by Crippen LogP contribution is 2.26. The van der Waals surface area contributed by atoms with Crippen LogP contribution in [-0.4, -0.2) is 29.1 Å². The molecule has 6 nitrogen and oxygen atoms in total. The van der Waals surface area contributed by atoms with Crippen LogP contribution in [-0.2, 0) is 11.2 Å². The van der Waals surface area contributed by atoms with Gasteiger partial charge in [-0.05, 0) is 49.6 Å². The summed E-state index contributed by atoms with van der Waals surface area (Å²) in [5.74, 6) is -0.631. The van der Waals surface area contributed by atoms with Crippen molar-refractivity contribution in [3.8, 4) is 0 Å². The SMILES string of the molecule is Cc1c(C(=O)NCC(=O)Nc2ccc(Br)cc2)[nH]c2c1C(=O)CCC2. The molecule has 0 unspecified atom stereocenters. The molecule has 1 heterocycles. The largest absolute Gasteiger partial charge is 0.354 e. The highest BCUT2D eigenvalue weighted by Gasteiger charge is 2.26. The van der Waals surface area contributed by atoms with Crippen molar-refractivity contribution in [2.24, 2.45) is 0 Å². The van der Waals surface area contributed by atoms with Crippen LogP contribution in [0.2, 0.25) is 0 Å². The first-order chi connectivity index (χ1) is 12.0. The number of aromatic nitrogens is 1. The molecule has 2 amide bonds. The molecule has 0 saturated carbocycles. The van der Waals surface area contributed by atoms with E-state index in [1.165, 1.54) is 0 Å². The molecule has 0 bridgehead atoms. The van der Waals surface area contributed by atoms with E-state index >= 15 is 0 Å². The molecule has 0 atom stereocenters. The molecule has 130 valence electrons. The Kier molecular flexibility index (Phi) is 5.03. The summed E-state index contributed by atoms with van der Waals surface area (Å²) in [6, 6.07) is 7.16. The topological polar surface area (TPSA) is 91.1 Å². The molecule has 1 aromatic carbocycles. The molecule has 2 aromatic rings. The smallest absolute Gasteiger partial charge is 0.268 e. The summed E-state index contributed by atoms with van der Waals surface area (Å²) in [5.41, 5.74) is 3.12. The minimum absolute atomic E-state index is 0.0713. The molecule has 1 aliphatic rings. The highest BCUT2D eigenvalue weighted by atomic mass is 79.9. The number of anilines is 1. The van der Waals surface area contributed by atoms with Crippen molar-refractivity contribution in [2.75, 3.05) is 11.9 Å². The van der Waals surface area contributed by atoms with Gasteiger partial charge >= 0.3 is 0 Å². The van der Waals surface area contributed by atoms with Crippen molar-refractivity contribution in [3.05, 3.63) is 51.3 Å². The average Bonchev–Trinajstić information content (AvgIpc) is 2.93. The Bertz CT molecular complexity index is 840. The Hall–Kier alpha value is -2.41. The van der Waals surface area contributed by atoms with Crippen molar-refractivity contribution < 1.29 is 14.4 Å². The first kappa shape index (κ1) is 17.4. The second kappa shape index (κ2) is 7.23. The third kappa shape index (κ3) is 3.82. The fourth-order valence-electron chi connectivity index (χ4n) is 2.99. The molecule has 0 saturated heterocycles. The van der Waals surface area contributed by atoms with E-state index in [2.05, 4.69) is 31.5 Å². The number of hydrogen-bond acceptors (Lipinski definition) is 3. The normalized spacial score (nSPS) is 13.3. The maximum Gasteiger partial charge on any atom is 0.268 e. The monoisotopic (exact) mass is 403 g/mol. The van der Waals surface area contributed by atoms with E-state index in [9.17, 15) is 14.4 Å². The van der Waals surface area contributed by atoms with Crippen LogP contribution in [0.15, 0.2) is 28.7 Å². The number of carbonyl (C=O) groups is 3. The first-order valence-electron chi connectivity index (χ1n) is 8.04. The van der Waals surface area contributed by atoms with Gasteiger partial charge in [0.15, 0.2) is 5.78 Å². The highest BCUT2D eigenvalue weighted by molar-refractivity contribution is 9.10. The molecule has 7 heteroatoms. The van der Waals surface area contributed by atoms with Gasteiger partial charge in [0, 0.05) is 27.8 Å². The number of carbonyl (C=O) groups excluding carboxylic acids is 3. The summed E-state index contributed by atoms with van der Waals surface area (Å²) in [4.78, 5) is 39.4. The van der Waals surface area contributed by atoms with Gasteiger partial charge in [0.05, 0.1) is 6.54 Å². The molecule has 3 rings (SSSR count). The van der Waals surface area contributed by atoms with Gasteiger partial charge in [-0.15, -0.1) is 0 Å². The molecular formula is C18H18BrN3O3. The molecule has 0 spiro atoms. The van der Waals surface area contributed by atoms with Gasteiger partial charge in [-0.3, -0.25) is 14.4 Å². The zero-order valence-electron chi connectivity index (χ0n) is 13.7. The number of ketones is 1. The summed E-state index contributed by atoms with van der Waals surface area (Å²) in [6.45, 7) is 1.61. The molecule has 0 aliphatic heterocycles. The number of rotatable bonds is 4. The van der Waals surface area contributed by atoms with Gasteiger partial charge in [0.25, 0.3) is 5.91 Å². The van der Waals surface area contributed by atoms with E-state index in [1.54, 1.807) is 19.1 Å². The van der Waals surface area contributed by atoms with Crippen LogP contribution >= 0.6 is 15.9 Å². The lowest BCUT2D eigenvalue weighted by atomic mass is 9.94. The van der Waals surface area contributed by atoms with Crippen molar-refractivity contribution in [2.45, 2.75) is 26.2 Å². The van der Waals surface area contributed by atoms with Crippen LogP contribution in [0.5, 0.6) is 0 Å². The number of hydrogen-bond donors (Lipinski definition) is 3. The van der Waals surface area contributed by atoms with E-state index in [-0.39, 0.29) is 24.1 Å². The molecule has 1 aliphatic carbocycles. The standard InChI is InChI=1S/C18H18BrN3O3/c1-10-16-13(3-2-4-14(16)23)22-17(10)18(25)20-9-15(24)21-12-7-5-11(19)6-8-12/h5-8,22H,2-4,9H2,1H3,(H,20,25)(H,21,24). The fraction of sp³-hybridized carbons (Fsp3) is 0.278. The Balaban J connectivity index is 1.62. The summed E-state index contributed by atoms with van der Waals surface area (Å²) in [6.07, 6.45) is 2.07. The molecule has 1 aromatic heterocycles. The van der Waals surface area contributed by atoms with Gasteiger partial charge < -0.3 is 15.6 Å². The maximum atomic E-state index is 12.4. The summed E-state index contributed by atoms with van der Waals surface area (Å²) < 4.78 is 0.916. The molecule has 0 fully saturated rings. The van der Waals surface area contributed by atoms with Crippen LogP contribution in [0.1, 0.15) is 44.9 Å². The van der Waals surface area contributed by atoms with E-state index in [0.29, 0.717) is 28.9 Å². The third-order valence-corrected chi connectivity index (χ3v) is 4.73. The maximum absolute atomic E-state index is 12.4. The van der Waals surface area contributed by atoms with Crippen LogP contribution in [0.3, 0.4) is 0 Å². The lowest BCUT2D eigenvalue weighted by Crippen LogP contribution is -2.33. The van der Waals surface area contributed by atoms with Crippen molar-refractivity contribution >= 4 is 39.2 Å². The van der Waals surface area contributed by atoms with Crippen LogP contribution < -0.4 is 10.6 Å². The van der Waals surface area contributed by atoms with Crippen molar-refractivity contribution in [3.63, 3.8) is 0 Å². The van der Waals surface area contributed by atoms with E-state index < -0.39 is 0 Å². The number of aromatic amines is 1. The minimum atomic E-state index is -0.384. The summed E-state index contributed by atoms with van der Waals surface area (Å²) in [5, 5.41) is 5.30. The van der Waals surface area contributed by atoms with Gasteiger partial charge in [-0.25, -0.2) is 0 Å². The molecular weight excluding hydrogens is 386 g/mol. The van der Waals surface area contributed by atoms with Gasteiger partial charge in [-0.2, -0.15) is 0 Å². The van der Waals surface area contributed by atoms with E-state index in [0.717, 1.165) is 23.0 Å². The Morgan fingerprint density at radius 2 is 1.92 bits per heavy atom. The van der Waals surface area contributed by atoms with E-state index in [1.807, 2.05) is 12.1 Å². The Morgan fingerprint density at radius 1 is 1.20 bits per heavy atom. The number of Topliss-reactive ketones (excluding diaryl/α,β-unsaturated/α-hetero) is 1. The lowest BCUT2D eigenvalue weighted by Gasteiger charge is -2.09. The number of nitrogens with one attached hydrogen (secondary N) is 3. The Labute approximate surface area is 153 Å². The number of H-pyrrole nitrogens is 1. The molecule has 25 heavy (non-hydrogen) atoms. The molecule has 3 N–H and O–H groups in total. The lowest BCUT2D eigenvalue weighted by molar-refractivity contribution is -0.115. The van der Waals surface area contributed by atoms with Gasteiger partial charge in [0.1, 0.15) is 5.69 Å². The summed E-state index contributed by atoms with van der Waals surface area (Å²) in [7, 11) is 0. The Morgan fingerprint density at radius 3 is 2.60 bits per heavy atom. The van der Waals surface area contributed by atoms with Crippen LogP contribution in [0, 0.1) is 6.92 Å². The number of halogens is 1. The average molecular weight is 404 g/mol. The van der Waals surface area contributed by atoms with Gasteiger partial charge in [0.2, 0.25) is 5.91 Å². The van der Waals surface area contributed by atoms with E-state index in [4.69, 9.17) is 0 Å². The number of fused-ring (bicyclic) bond motifs is 1. The fourth-order valence-corrected chi connectivity index (χ4v) is 3.25. The zero-order valence-corrected chi connectivity index (χ0v) is 15.3. The molecule has 0 radical (unpaired) electrons. The second-order valence-electron chi connectivity index (χ2n) is 5.99. The number of amides is 2. The van der Waals surface area contributed by atoms with Crippen LogP contribution in [0.25, 0.3) is 0 Å². The number of aryl methyl sites for hydroxylation is 1. The predicted molar refractivity (Wildman–Crippen MR) is 97.9 cm³/mol. The quantitative estimate of drug-likeness (QED) is 0.732. The van der Waals surface area contributed by atoms with Crippen molar-refractivity contribution in [1.29, 1.82) is 0 Å². The van der Waals surface area contributed by atoms with Gasteiger partial charge in [-0.1, -0.05) is 15.9 Å². The predicted octanol–water partition coefficient (Wildman–Crippen LogP) is 2.97.